The first-order valence-corrected chi connectivity index (χ1v) is 9.70. The Morgan fingerprint density at radius 3 is 2.21 bits per heavy atom. The summed E-state index contributed by atoms with van der Waals surface area (Å²) in [6.45, 7) is 7.06. The fraction of sp³-hybridized carbons (Fsp3) is 0.682. The normalized spacial score (nSPS) is 28.6. The zero-order chi connectivity index (χ0) is 17.2. The topological polar surface area (TPSA) is 26.3 Å². The number of hydrogen-bond donors (Lipinski definition) is 0. The van der Waals surface area contributed by atoms with Crippen LogP contribution in [0.3, 0.4) is 0 Å². The molecule has 0 saturated heterocycles. The van der Waals surface area contributed by atoms with Crippen LogP contribution in [0.25, 0.3) is 0 Å². The van der Waals surface area contributed by atoms with Crippen LogP contribution in [0.4, 0.5) is 0 Å². The lowest BCUT2D eigenvalue weighted by Crippen LogP contribution is -2.30. The maximum Gasteiger partial charge on any atom is 0.133 e. The van der Waals surface area contributed by atoms with E-state index in [0.717, 1.165) is 37.4 Å². The Hall–Kier alpha value is -1.31. The van der Waals surface area contributed by atoms with Crippen molar-refractivity contribution in [1.82, 2.24) is 0 Å². The molecule has 2 saturated carbocycles. The first kappa shape index (κ1) is 17.5. The van der Waals surface area contributed by atoms with Gasteiger partial charge in [0.1, 0.15) is 11.5 Å². The molecule has 1 aromatic rings. The monoisotopic (exact) mass is 328 g/mol. The summed E-state index contributed by atoms with van der Waals surface area (Å²) in [5.41, 5.74) is 1.72. The van der Waals surface area contributed by atoms with E-state index < -0.39 is 0 Å². The summed E-state index contributed by atoms with van der Waals surface area (Å²) >= 11 is 0. The lowest BCUT2D eigenvalue weighted by molar-refractivity contribution is -0.120. The second kappa shape index (κ2) is 7.29. The molecule has 1 unspecified atom stereocenters. The summed E-state index contributed by atoms with van der Waals surface area (Å²) in [4.78, 5) is 11.6. The van der Waals surface area contributed by atoms with E-state index >= 15 is 0 Å². The number of hydrogen-bond acceptors (Lipinski definition) is 2. The van der Waals surface area contributed by atoms with Crippen LogP contribution in [-0.2, 0) is 4.79 Å². The molecule has 3 rings (SSSR count). The molecule has 2 fully saturated rings. The summed E-state index contributed by atoms with van der Waals surface area (Å²) in [5, 5.41) is 0. The van der Waals surface area contributed by atoms with Crippen molar-refractivity contribution >= 4 is 5.78 Å². The number of benzene rings is 1. The third-order valence-electron chi connectivity index (χ3n) is 6.04. The summed E-state index contributed by atoms with van der Waals surface area (Å²) in [7, 11) is 0. The molecule has 2 aliphatic rings. The number of rotatable bonds is 3. The Balaban J connectivity index is 1.53. The summed E-state index contributed by atoms with van der Waals surface area (Å²) in [6, 6.07) is 8.54. The molecule has 0 amide bonds. The number of carbonyl (C=O) groups excluding carboxylic acids is 1. The molecular weight excluding hydrogens is 296 g/mol. The summed E-state index contributed by atoms with van der Waals surface area (Å²) in [6.07, 6.45) is 8.92. The summed E-state index contributed by atoms with van der Waals surface area (Å²) < 4.78 is 6.21. The molecule has 2 aliphatic carbocycles. The Bertz CT molecular complexity index is 544. The Morgan fingerprint density at radius 1 is 0.958 bits per heavy atom. The van der Waals surface area contributed by atoms with E-state index in [1.54, 1.807) is 0 Å². The molecule has 0 heterocycles. The van der Waals surface area contributed by atoms with Crippen molar-refractivity contribution in [3.63, 3.8) is 0 Å². The van der Waals surface area contributed by atoms with Gasteiger partial charge in [-0.05, 0) is 73.5 Å². The SMILES string of the molecule is CC(C)(C)[C@H]1CC[C@H](Oc2ccc(C3CCCC(=O)C3)cc2)CC1. The van der Waals surface area contributed by atoms with E-state index in [0.29, 0.717) is 23.2 Å². The number of ketones is 1. The van der Waals surface area contributed by atoms with Crippen LogP contribution >= 0.6 is 0 Å². The van der Waals surface area contributed by atoms with E-state index in [9.17, 15) is 4.79 Å². The van der Waals surface area contributed by atoms with E-state index in [4.69, 9.17) is 4.74 Å². The van der Waals surface area contributed by atoms with Gasteiger partial charge >= 0.3 is 0 Å². The van der Waals surface area contributed by atoms with Crippen LogP contribution in [0.5, 0.6) is 5.75 Å². The standard InChI is InChI=1S/C22H32O2/c1-22(2,3)18-9-13-21(14-10-18)24-20-11-7-16(8-12-20)17-5-4-6-19(23)15-17/h7-8,11-12,17-18,21H,4-6,9-10,13-15H2,1-3H3/t17?,18-,21-. The molecule has 24 heavy (non-hydrogen) atoms. The van der Waals surface area contributed by atoms with Crippen LogP contribution in [0.2, 0.25) is 0 Å². The molecule has 0 spiro atoms. The number of Topliss-reactive ketones (excluding diaryl/α,β-unsaturated/α-hetero) is 1. The molecule has 1 atom stereocenters. The van der Waals surface area contributed by atoms with Gasteiger partial charge in [-0.2, -0.15) is 0 Å². The van der Waals surface area contributed by atoms with Gasteiger partial charge in [-0.15, -0.1) is 0 Å². The van der Waals surface area contributed by atoms with Crippen molar-refractivity contribution in [2.24, 2.45) is 11.3 Å². The van der Waals surface area contributed by atoms with Crippen molar-refractivity contribution in [2.45, 2.75) is 84.2 Å². The van der Waals surface area contributed by atoms with Gasteiger partial charge in [-0.25, -0.2) is 0 Å². The minimum absolute atomic E-state index is 0.366. The Labute approximate surface area is 147 Å². The minimum atomic E-state index is 0.366. The van der Waals surface area contributed by atoms with Gasteiger partial charge in [0, 0.05) is 12.8 Å². The predicted octanol–water partition coefficient (Wildman–Crippen LogP) is 5.90. The van der Waals surface area contributed by atoms with Crippen LogP contribution in [-0.4, -0.2) is 11.9 Å². The van der Waals surface area contributed by atoms with Crippen LogP contribution in [0.15, 0.2) is 24.3 Å². The van der Waals surface area contributed by atoms with Crippen LogP contribution < -0.4 is 4.74 Å². The lowest BCUT2D eigenvalue weighted by atomic mass is 9.72. The average Bonchev–Trinajstić information content (AvgIpc) is 2.55. The molecule has 132 valence electrons. The molecular formula is C22H32O2. The highest BCUT2D eigenvalue weighted by atomic mass is 16.5. The van der Waals surface area contributed by atoms with Crippen molar-refractivity contribution < 1.29 is 9.53 Å². The molecule has 0 aromatic heterocycles. The van der Waals surface area contributed by atoms with E-state index in [1.807, 2.05) is 0 Å². The minimum Gasteiger partial charge on any atom is -0.490 e. The molecule has 0 aliphatic heterocycles. The third-order valence-corrected chi connectivity index (χ3v) is 6.04. The summed E-state index contributed by atoms with van der Waals surface area (Å²) in [5.74, 6) is 2.65. The van der Waals surface area contributed by atoms with Crippen LogP contribution in [0.1, 0.15) is 83.6 Å². The molecule has 0 radical (unpaired) electrons. The molecule has 0 N–H and O–H groups in total. The largest absolute Gasteiger partial charge is 0.490 e. The highest BCUT2D eigenvalue weighted by Gasteiger charge is 2.30. The van der Waals surface area contributed by atoms with Gasteiger partial charge < -0.3 is 4.74 Å². The average molecular weight is 328 g/mol. The highest BCUT2D eigenvalue weighted by molar-refractivity contribution is 5.80. The molecule has 1 aromatic carbocycles. The fourth-order valence-electron chi connectivity index (χ4n) is 4.37. The smallest absolute Gasteiger partial charge is 0.133 e. The van der Waals surface area contributed by atoms with E-state index in [1.165, 1.54) is 31.2 Å². The van der Waals surface area contributed by atoms with Crippen molar-refractivity contribution in [2.75, 3.05) is 0 Å². The van der Waals surface area contributed by atoms with Crippen LogP contribution in [0, 0.1) is 11.3 Å². The maximum absolute atomic E-state index is 11.6. The highest BCUT2D eigenvalue weighted by Crippen LogP contribution is 2.39. The fourth-order valence-corrected chi connectivity index (χ4v) is 4.37. The molecule has 0 bridgehead atoms. The maximum atomic E-state index is 11.6. The van der Waals surface area contributed by atoms with E-state index in [-0.39, 0.29) is 0 Å². The van der Waals surface area contributed by atoms with Gasteiger partial charge in [0.15, 0.2) is 0 Å². The number of carbonyl (C=O) groups is 1. The van der Waals surface area contributed by atoms with Crippen molar-refractivity contribution in [3.05, 3.63) is 29.8 Å². The lowest BCUT2D eigenvalue weighted by Gasteiger charge is -2.37. The second-order valence-corrected chi connectivity index (χ2v) is 8.86. The molecule has 2 nitrogen and oxygen atoms in total. The second-order valence-electron chi connectivity index (χ2n) is 8.86. The van der Waals surface area contributed by atoms with Gasteiger partial charge in [-0.3, -0.25) is 4.79 Å². The van der Waals surface area contributed by atoms with Gasteiger partial charge in [0.2, 0.25) is 0 Å². The zero-order valence-corrected chi connectivity index (χ0v) is 15.5. The van der Waals surface area contributed by atoms with Gasteiger partial charge in [-0.1, -0.05) is 32.9 Å². The van der Waals surface area contributed by atoms with Gasteiger partial charge in [0.05, 0.1) is 6.10 Å². The van der Waals surface area contributed by atoms with E-state index in [2.05, 4.69) is 45.0 Å². The zero-order valence-electron chi connectivity index (χ0n) is 15.5. The Morgan fingerprint density at radius 2 is 1.62 bits per heavy atom. The molecule has 2 heteroatoms. The van der Waals surface area contributed by atoms with Crippen molar-refractivity contribution in [1.29, 1.82) is 0 Å². The Kier molecular flexibility index (Phi) is 5.32. The number of ether oxygens (including phenoxy) is 1. The first-order chi connectivity index (χ1) is 11.4. The third kappa shape index (κ3) is 4.40. The predicted molar refractivity (Wildman–Crippen MR) is 98.5 cm³/mol. The van der Waals surface area contributed by atoms with Gasteiger partial charge in [0.25, 0.3) is 0 Å². The quantitative estimate of drug-likeness (QED) is 0.691. The first-order valence-electron chi connectivity index (χ1n) is 9.70. The van der Waals surface area contributed by atoms with Crippen molar-refractivity contribution in [3.8, 4) is 5.75 Å².